The fourth-order valence-corrected chi connectivity index (χ4v) is 5.95. The van der Waals surface area contributed by atoms with E-state index in [1.54, 1.807) is 7.11 Å². The number of fused-ring (bicyclic) bond motifs is 1. The van der Waals surface area contributed by atoms with Gasteiger partial charge in [-0.25, -0.2) is 0 Å². The lowest BCUT2D eigenvalue weighted by Crippen LogP contribution is -2.48. The molecule has 0 amide bonds. The van der Waals surface area contributed by atoms with Gasteiger partial charge in [-0.1, -0.05) is 30.3 Å². The standard InChI is InChI=1S/C31H35N3O5/c1-37-26-5-3-2-4-25(26)30(34-14-12-33(13-15-34)16-17-35)22-6-8-24(32-20-22)19-29(36)31(10-11-31)23-7-9-27-28(18-23)39-21-38-27/h2-9,18,20,30,35H,10-17,19,21H2,1H3. The van der Waals surface area contributed by atoms with Crippen molar-refractivity contribution in [3.8, 4) is 17.2 Å². The number of aliphatic hydroxyl groups is 1. The van der Waals surface area contributed by atoms with E-state index in [1.165, 1.54) is 0 Å². The number of aromatic nitrogens is 1. The van der Waals surface area contributed by atoms with Crippen LogP contribution in [-0.4, -0.2) is 78.9 Å². The van der Waals surface area contributed by atoms with Crippen molar-refractivity contribution in [2.24, 2.45) is 0 Å². The number of methoxy groups -OCH3 is 1. The Kier molecular flexibility index (Phi) is 7.25. The van der Waals surface area contributed by atoms with E-state index in [-0.39, 0.29) is 25.2 Å². The lowest BCUT2D eigenvalue weighted by molar-refractivity contribution is -0.120. The monoisotopic (exact) mass is 529 g/mol. The van der Waals surface area contributed by atoms with E-state index in [4.69, 9.17) is 19.2 Å². The Hall–Kier alpha value is -3.46. The number of β-amino-alcohol motifs (C(OH)–C–C–N with tert-alkyl or cyclic N) is 1. The number of carbonyl (C=O) groups excluding carboxylic acids is 1. The van der Waals surface area contributed by atoms with Crippen molar-refractivity contribution in [1.82, 2.24) is 14.8 Å². The van der Waals surface area contributed by atoms with Crippen molar-refractivity contribution >= 4 is 5.78 Å². The van der Waals surface area contributed by atoms with Crippen LogP contribution in [0.5, 0.6) is 17.2 Å². The molecule has 1 saturated heterocycles. The fraction of sp³-hybridized carbons (Fsp3) is 0.419. The minimum absolute atomic E-state index is 0.0157. The number of piperazine rings is 1. The number of ether oxygens (including phenoxy) is 3. The molecule has 3 heterocycles. The second kappa shape index (κ2) is 11.0. The maximum Gasteiger partial charge on any atom is 0.231 e. The minimum atomic E-state index is -0.449. The first-order valence-electron chi connectivity index (χ1n) is 13.7. The van der Waals surface area contributed by atoms with Gasteiger partial charge in [-0.15, -0.1) is 0 Å². The first-order valence-corrected chi connectivity index (χ1v) is 13.7. The van der Waals surface area contributed by atoms with Crippen LogP contribution in [0.15, 0.2) is 60.8 Å². The normalized spacial score (nSPS) is 19.0. The number of carbonyl (C=O) groups is 1. The second-order valence-electron chi connectivity index (χ2n) is 10.6. The summed E-state index contributed by atoms with van der Waals surface area (Å²) >= 11 is 0. The number of Topliss-reactive ketones (excluding diaryl/α,β-unsaturated/α-hetero) is 1. The maximum absolute atomic E-state index is 13.5. The molecule has 1 saturated carbocycles. The van der Waals surface area contributed by atoms with Crippen molar-refractivity contribution in [2.75, 3.05) is 53.2 Å². The van der Waals surface area contributed by atoms with Gasteiger partial charge in [0, 0.05) is 56.6 Å². The number of para-hydroxylation sites is 1. The van der Waals surface area contributed by atoms with E-state index in [9.17, 15) is 9.90 Å². The summed E-state index contributed by atoms with van der Waals surface area (Å²) in [6.07, 6.45) is 3.91. The average molecular weight is 530 g/mol. The molecule has 6 rings (SSSR count). The molecular weight excluding hydrogens is 494 g/mol. The van der Waals surface area contributed by atoms with Crippen LogP contribution in [0.25, 0.3) is 0 Å². The first kappa shape index (κ1) is 25.8. The highest BCUT2D eigenvalue weighted by molar-refractivity contribution is 5.94. The molecule has 2 fully saturated rings. The van der Waals surface area contributed by atoms with Gasteiger partial charge in [0.05, 0.1) is 25.2 Å². The number of aliphatic hydroxyl groups excluding tert-OH is 1. The molecule has 1 atom stereocenters. The number of rotatable bonds is 10. The van der Waals surface area contributed by atoms with Gasteiger partial charge in [0.25, 0.3) is 0 Å². The highest BCUT2D eigenvalue weighted by atomic mass is 16.7. The summed E-state index contributed by atoms with van der Waals surface area (Å²) < 4.78 is 16.7. The molecule has 204 valence electrons. The zero-order valence-electron chi connectivity index (χ0n) is 22.3. The first-order chi connectivity index (χ1) is 19.1. The van der Waals surface area contributed by atoms with Gasteiger partial charge in [-0.3, -0.25) is 19.6 Å². The zero-order valence-corrected chi connectivity index (χ0v) is 22.3. The van der Waals surface area contributed by atoms with E-state index in [2.05, 4.69) is 21.9 Å². The highest BCUT2D eigenvalue weighted by Crippen LogP contribution is 2.51. The van der Waals surface area contributed by atoms with Crippen LogP contribution in [0.2, 0.25) is 0 Å². The number of benzene rings is 2. The molecule has 3 aliphatic rings. The molecule has 8 heteroatoms. The molecule has 0 bridgehead atoms. The zero-order chi connectivity index (χ0) is 26.8. The number of pyridine rings is 1. The van der Waals surface area contributed by atoms with Crippen LogP contribution in [0.4, 0.5) is 0 Å². The Morgan fingerprint density at radius 3 is 2.56 bits per heavy atom. The average Bonchev–Trinajstić information content (AvgIpc) is 3.66. The lowest BCUT2D eigenvalue weighted by Gasteiger charge is -2.39. The van der Waals surface area contributed by atoms with Crippen molar-refractivity contribution in [3.63, 3.8) is 0 Å². The molecular formula is C31H35N3O5. The Labute approximate surface area is 229 Å². The molecule has 2 aliphatic heterocycles. The molecule has 0 spiro atoms. The molecule has 0 radical (unpaired) electrons. The number of hydrogen-bond acceptors (Lipinski definition) is 8. The van der Waals surface area contributed by atoms with Crippen molar-refractivity contribution in [3.05, 3.63) is 83.2 Å². The summed E-state index contributed by atoms with van der Waals surface area (Å²) in [5, 5.41) is 9.35. The van der Waals surface area contributed by atoms with E-state index in [0.29, 0.717) is 18.7 Å². The van der Waals surface area contributed by atoms with Crippen LogP contribution in [0.1, 0.15) is 41.3 Å². The quantitative estimate of drug-likeness (QED) is 0.428. The molecule has 1 unspecified atom stereocenters. The maximum atomic E-state index is 13.5. The van der Waals surface area contributed by atoms with E-state index >= 15 is 0 Å². The van der Waals surface area contributed by atoms with Crippen LogP contribution >= 0.6 is 0 Å². The van der Waals surface area contributed by atoms with Crippen molar-refractivity contribution in [1.29, 1.82) is 0 Å². The highest BCUT2D eigenvalue weighted by Gasteiger charge is 2.51. The van der Waals surface area contributed by atoms with Crippen LogP contribution in [-0.2, 0) is 16.6 Å². The number of nitrogens with zero attached hydrogens (tertiary/aromatic N) is 3. The van der Waals surface area contributed by atoms with Gasteiger partial charge in [0.2, 0.25) is 6.79 Å². The van der Waals surface area contributed by atoms with Gasteiger partial charge in [0.15, 0.2) is 11.5 Å². The summed E-state index contributed by atoms with van der Waals surface area (Å²) in [5.74, 6) is 2.49. The third kappa shape index (κ3) is 5.12. The van der Waals surface area contributed by atoms with Gasteiger partial charge in [-0.2, -0.15) is 0 Å². The van der Waals surface area contributed by atoms with Crippen LogP contribution in [0, 0.1) is 0 Å². The van der Waals surface area contributed by atoms with E-state index < -0.39 is 5.41 Å². The van der Waals surface area contributed by atoms with Gasteiger partial charge < -0.3 is 19.3 Å². The molecule has 1 aromatic heterocycles. The van der Waals surface area contributed by atoms with Crippen LogP contribution in [0.3, 0.4) is 0 Å². The summed E-state index contributed by atoms with van der Waals surface area (Å²) in [6.45, 7) is 4.65. The number of ketones is 1. The number of hydrogen-bond donors (Lipinski definition) is 1. The Morgan fingerprint density at radius 2 is 1.85 bits per heavy atom. The third-order valence-corrected chi connectivity index (χ3v) is 8.34. The summed E-state index contributed by atoms with van der Waals surface area (Å²) in [6, 6.07) is 18.1. The predicted octanol–water partition coefficient (Wildman–Crippen LogP) is 3.36. The summed E-state index contributed by atoms with van der Waals surface area (Å²) in [7, 11) is 1.70. The van der Waals surface area contributed by atoms with E-state index in [0.717, 1.165) is 72.9 Å². The largest absolute Gasteiger partial charge is 0.496 e. The van der Waals surface area contributed by atoms with Crippen molar-refractivity contribution < 1.29 is 24.1 Å². The lowest BCUT2D eigenvalue weighted by atomic mass is 9.88. The Morgan fingerprint density at radius 1 is 1.05 bits per heavy atom. The predicted molar refractivity (Wildman–Crippen MR) is 146 cm³/mol. The molecule has 1 aliphatic carbocycles. The van der Waals surface area contributed by atoms with Gasteiger partial charge in [0.1, 0.15) is 11.5 Å². The molecule has 2 aromatic carbocycles. The van der Waals surface area contributed by atoms with Gasteiger partial charge >= 0.3 is 0 Å². The Bertz CT molecular complexity index is 1320. The van der Waals surface area contributed by atoms with E-state index in [1.807, 2.05) is 48.7 Å². The van der Waals surface area contributed by atoms with Crippen molar-refractivity contribution in [2.45, 2.75) is 30.7 Å². The minimum Gasteiger partial charge on any atom is -0.496 e. The molecule has 1 N–H and O–H groups in total. The SMILES string of the molecule is COc1ccccc1C(c1ccc(CC(=O)C2(c3ccc4c(c3)OCO4)CC2)nc1)N1CCN(CCO)CC1. The third-order valence-electron chi connectivity index (χ3n) is 8.34. The topological polar surface area (TPSA) is 84.4 Å². The smallest absolute Gasteiger partial charge is 0.231 e. The molecule has 3 aromatic rings. The Balaban J connectivity index is 1.21. The van der Waals surface area contributed by atoms with Gasteiger partial charge in [-0.05, 0) is 48.2 Å². The van der Waals surface area contributed by atoms with Crippen LogP contribution < -0.4 is 14.2 Å². The molecule has 39 heavy (non-hydrogen) atoms. The second-order valence-corrected chi connectivity index (χ2v) is 10.6. The fourth-order valence-electron chi connectivity index (χ4n) is 5.95. The molecule has 8 nitrogen and oxygen atoms in total. The summed E-state index contributed by atoms with van der Waals surface area (Å²) in [5.41, 5.74) is 3.51. The summed E-state index contributed by atoms with van der Waals surface area (Å²) in [4.78, 5) is 23.0.